The summed E-state index contributed by atoms with van der Waals surface area (Å²) in [6.45, 7) is 2.64. The molecular weight excluding hydrogens is 222 g/mol. The summed E-state index contributed by atoms with van der Waals surface area (Å²) < 4.78 is 0. The second kappa shape index (κ2) is 4.59. The van der Waals surface area contributed by atoms with Crippen molar-refractivity contribution in [2.24, 2.45) is 0 Å². The van der Waals surface area contributed by atoms with Crippen molar-refractivity contribution in [3.05, 3.63) is 65.0 Å². The molecule has 1 aromatic heterocycles. The molecule has 0 radical (unpaired) electrons. The summed E-state index contributed by atoms with van der Waals surface area (Å²) in [5.74, 6) is 0. The molecule has 0 unspecified atom stereocenters. The van der Waals surface area contributed by atoms with Crippen LogP contribution in [-0.4, -0.2) is 9.88 Å². The number of hydrogen-bond donors (Lipinski definition) is 0. The number of nitriles is 1. The average Bonchev–Trinajstić information content (AvgIpc) is 2.82. The Morgan fingerprint density at radius 1 is 1.17 bits per heavy atom. The summed E-state index contributed by atoms with van der Waals surface area (Å²) in [4.78, 5) is 6.46. The van der Waals surface area contributed by atoms with Crippen LogP contribution in [0.1, 0.15) is 22.3 Å². The molecule has 3 heteroatoms. The minimum absolute atomic E-state index is 0.711. The summed E-state index contributed by atoms with van der Waals surface area (Å²) >= 11 is 0. The Morgan fingerprint density at radius 2 is 2.00 bits per heavy atom. The molecule has 3 nitrogen and oxygen atoms in total. The van der Waals surface area contributed by atoms with E-state index in [1.807, 2.05) is 12.3 Å². The number of hydrogen-bond acceptors (Lipinski definition) is 3. The van der Waals surface area contributed by atoms with Crippen LogP contribution in [-0.2, 0) is 19.6 Å². The maximum atomic E-state index is 9.07. The second-order valence-corrected chi connectivity index (χ2v) is 4.57. The Labute approximate surface area is 106 Å². The van der Waals surface area contributed by atoms with Crippen LogP contribution in [0.3, 0.4) is 0 Å². The summed E-state index contributed by atoms with van der Waals surface area (Å²) in [7, 11) is 0. The third kappa shape index (κ3) is 1.99. The molecule has 2 heterocycles. The van der Waals surface area contributed by atoms with Crippen LogP contribution in [0.5, 0.6) is 0 Å². The highest BCUT2D eigenvalue weighted by Crippen LogP contribution is 2.25. The maximum Gasteiger partial charge on any atom is 0.101 e. The molecule has 0 saturated carbocycles. The quantitative estimate of drug-likeness (QED) is 0.802. The van der Waals surface area contributed by atoms with Gasteiger partial charge in [-0.05, 0) is 16.7 Å². The Kier molecular flexibility index (Phi) is 2.79. The minimum Gasteiger partial charge on any atom is -0.290 e. The summed E-state index contributed by atoms with van der Waals surface area (Å²) in [6, 6.07) is 12.6. The zero-order chi connectivity index (χ0) is 12.4. The maximum absolute atomic E-state index is 9.07. The molecule has 3 rings (SSSR count). The number of benzene rings is 1. The fourth-order valence-corrected chi connectivity index (χ4v) is 2.42. The van der Waals surface area contributed by atoms with Gasteiger partial charge in [0.15, 0.2) is 0 Å². The lowest BCUT2D eigenvalue weighted by Crippen LogP contribution is -2.15. The molecule has 0 bridgehead atoms. The lowest BCUT2D eigenvalue weighted by Gasteiger charge is -2.14. The fraction of sp³-hybridized carbons (Fsp3) is 0.200. The molecule has 1 aliphatic rings. The first-order valence-electron chi connectivity index (χ1n) is 5.99. The SMILES string of the molecule is N#Cc1cncc2c1CN(Cc1ccccc1)C2. The topological polar surface area (TPSA) is 39.9 Å². The van der Waals surface area contributed by atoms with E-state index in [0.29, 0.717) is 5.56 Å². The zero-order valence-electron chi connectivity index (χ0n) is 10.0. The molecule has 0 saturated heterocycles. The lowest BCUT2D eigenvalue weighted by atomic mass is 10.1. The van der Waals surface area contributed by atoms with Crippen molar-refractivity contribution < 1.29 is 0 Å². The predicted molar refractivity (Wildman–Crippen MR) is 68.3 cm³/mol. The Balaban J connectivity index is 1.80. The van der Waals surface area contributed by atoms with Crippen LogP contribution in [0.15, 0.2) is 42.7 Å². The van der Waals surface area contributed by atoms with Gasteiger partial charge in [0.2, 0.25) is 0 Å². The molecule has 0 N–H and O–H groups in total. The van der Waals surface area contributed by atoms with Crippen LogP contribution in [0.4, 0.5) is 0 Å². The lowest BCUT2D eigenvalue weighted by molar-refractivity contribution is 0.275. The van der Waals surface area contributed by atoms with Gasteiger partial charge in [0.05, 0.1) is 5.56 Å². The molecule has 0 atom stereocenters. The monoisotopic (exact) mass is 235 g/mol. The summed E-state index contributed by atoms with van der Waals surface area (Å²) in [5, 5.41) is 9.07. The summed E-state index contributed by atoms with van der Waals surface area (Å²) in [5.41, 5.74) is 4.34. The predicted octanol–water partition coefficient (Wildman–Crippen LogP) is 2.47. The van der Waals surface area contributed by atoms with Gasteiger partial charge < -0.3 is 0 Å². The van der Waals surface area contributed by atoms with Gasteiger partial charge in [0.25, 0.3) is 0 Å². The van der Waals surface area contributed by atoms with Gasteiger partial charge in [-0.25, -0.2) is 0 Å². The first-order chi connectivity index (χ1) is 8.86. The third-order valence-corrected chi connectivity index (χ3v) is 3.29. The van der Waals surface area contributed by atoms with E-state index < -0.39 is 0 Å². The number of fused-ring (bicyclic) bond motifs is 1. The average molecular weight is 235 g/mol. The normalized spacial score (nSPS) is 14.2. The molecule has 0 aliphatic carbocycles. The van der Waals surface area contributed by atoms with E-state index in [9.17, 15) is 0 Å². The minimum atomic E-state index is 0.711. The number of aromatic nitrogens is 1. The Bertz CT molecular complexity index is 599. The smallest absolute Gasteiger partial charge is 0.101 e. The van der Waals surface area contributed by atoms with Gasteiger partial charge >= 0.3 is 0 Å². The number of rotatable bonds is 2. The highest BCUT2D eigenvalue weighted by atomic mass is 15.1. The van der Waals surface area contributed by atoms with Crippen LogP contribution < -0.4 is 0 Å². The molecular formula is C15H13N3. The van der Waals surface area contributed by atoms with Crippen molar-refractivity contribution in [3.63, 3.8) is 0 Å². The van der Waals surface area contributed by atoms with Crippen molar-refractivity contribution in [2.45, 2.75) is 19.6 Å². The standard InChI is InChI=1S/C15H13N3/c16-6-13-7-17-8-14-10-18(11-15(13)14)9-12-4-2-1-3-5-12/h1-5,7-8H,9-11H2. The van der Waals surface area contributed by atoms with E-state index in [1.165, 1.54) is 11.1 Å². The molecule has 2 aromatic rings. The van der Waals surface area contributed by atoms with Crippen molar-refractivity contribution in [2.75, 3.05) is 0 Å². The van der Waals surface area contributed by atoms with Crippen molar-refractivity contribution in [3.8, 4) is 6.07 Å². The van der Waals surface area contributed by atoms with E-state index in [1.54, 1.807) is 6.20 Å². The van der Waals surface area contributed by atoms with Gasteiger partial charge in [-0.2, -0.15) is 5.26 Å². The number of nitrogens with zero attached hydrogens (tertiary/aromatic N) is 3. The van der Waals surface area contributed by atoms with Gasteiger partial charge in [0.1, 0.15) is 6.07 Å². The van der Waals surface area contributed by atoms with Gasteiger partial charge in [0, 0.05) is 32.0 Å². The van der Waals surface area contributed by atoms with Gasteiger partial charge in [-0.15, -0.1) is 0 Å². The zero-order valence-corrected chi connectivity index (χ0v) is 10.0. The van der Waals surface area contributed by atoms with E-state index in [4.69, 9.17) is 5.26 Å². The second-order valence-electron chi connectivity index (χ2n) is 4.57. The van der Waals surface area contributed by atoms with E-state index in [2.05, 4.69) is 40.2 Å². The molecule has 1 aliphatic heterocycles. The van der Waals surface area contributed by atoms with Crippen molar-refractivity contribution in [1.82, 2.24) is 9.88 Å². The first-order valence-corrected chi connectivity index (χ1v) is 5.99. The number of pyridine rings is 1. The first kappa shape index (κ1) is 10.9. The molecule has 0 fully saturated rings. The molecule has 0 amide bonds. The van der Waals surface area contributed by atoms with Crippen molar-refractivity contribution in [1.29, 1.82) is 5.26 Å². The largest absolute Gasteiger partial charge is 0.290 e. The Hall–Kier alpha value is -2.18. The van der Waals surface area contributed by atoms with Crippen LogP contribution >= 0.6 is 0 Å². The highest BCUT2D eigenvalue weighted by Gasteiger charge is 2.21. The van der Waals surface area contributed by atoms with E-state index in [-0.39, 0.29) is 0 Å². The van der Waals surface area contributed by atoms with E-state index >= 15 is 0 Å². The van der Waals surface area contributed by atoms with Crippen LogP contribution in [0.25, 0.3) is 0 Å². The summed E-state index contributed by atoms with van der Waals surface area (Å²) in [6.07, 6.45) is 3.53. The van der Waals surface area contributed by atoms with Crippen LogP contribution in [0, 0.1) is 11.3 Å². The van der Waals surface area contributed by atoms with Crippen molar-refractivity contribution >= 4 is 0 Å². The fourth-order valence-electron chi connectivity index (χ4n) is 2.42. The third-order valence-electron chi connectivity index (χ3n) is 3.29. The molecule has 0 spiro atoms. The van der Waals surface area contributed by atoms with Gasteiger partial charge in [-0.1, -0.05) is 30.3 Å². The molecule has 88 valence electrons. The highest BCUT2D eigenvalue weighted by molar-refractivity contribution is 5.42. The van der Waals surface area contributed by atoms with E-state index in [0.717, 1.165) is 25.2 Å². The molecule has 1 aromatic carbocycles. The Morgan fingerprint density at radius 3 is 2.78 bits per heavy atom. The van der Waals surface area contributed by atoms with Crippen LogP contribution in [0.2, 0.25) is 0 Å². The van der Waals surface area contributed by atoms with Gasteiger partial charge in [-0.3, -0.25) is 9.88 Å². The molecule has 18 heavy (non-hydrogen) atoms.